The molecule has 2 fully saturated rings. The van der Waals surface area contributed by atoms with E-state index in [9.17, 15) is 0 Å². The summed E-state index contributed by atoms with van der Waals surface area (Å²) in [7, 11) is 0. The van der Waals surface area contributed by atoms with Gasteiger partial charge in [-0.3, -0.25) is 0 Å². The molecule has 2 aliphatic rings. The second kappa shape index (κ2) is 7.02. The van der Waals surface area contributed by atoms with Crippen molar-refractivity contribution in [2.45, 2.75) is 57.4 Å². The number of fused-ring (bicyclic) bond motifs is 1. The number of hydrogen-bond donors (Lipinski definition) is 1. The lowest BCUT2D eigenvalue weighted by Gasteiger charge is -2.41. The van der Waals surface area contributed by atoms with Crippen LogP contribution in [0.4, 0.5) is 0 Å². The predicted molar refractivity (Wildman–Crippen MR) is 93.6 cm³/mol. The van der Waals surface area contributed by atoms with Gasteiger partial charge in [0, 0.05) is 15.5 Å². The lowest BCUT2D eigenvalue weighted by molar-refractivity contribution is 0.117. The Labute approximate surface area is 141 Å². The van der Waals surface area contributed by atoms with Crippen LogP contribution in [0.25, 0.3) is 0 Å². The van der Waals surface area contributed by atoms with Crippen LogP contribution in [0, 0.1) is 17.8 Å². The Balaban J connectivity index is 1.61. The van der Waals surface area contributed by atoms with Gasteiger partial charge in [-0.2, -0.15) is 0 Å². The topological polar surface area (TPSA) is 26.0 Å². The Bertz CT molecular complexity index is 490. The van der Waals surface area contributed by atoms with Crippen molar-refractivity contribution in [1.29, 1.82) is 0 Å². The summed E-state index contributed by atoms with van der Waals surface area (Å²) in [6.45, 7) is 0. The van der Waals surface area contributed by atoms with Gasteiger partial charge in [0.05, 0.1) is 0 Å². The SMILES string of the molecule is NC(Cc1ccc(Br)cc1Cl)C1CCC2CCCCC2C1. The molecule has 2 saturated carbocycles. The summed E-state index contributed by atoms with van der Waals surface area (Å²) < 4.78 is 1.03. The minimum absolute atomic E-state index is 0.256. The molecule has 4 unspecified atom stereocenters. The predicted octanol–water partition coefficient (Wildman–Crippen LogP) is 5.58. The van der Waals surface area contributed by atoms with Crippen LogP contribution in [0.3, 0.4) is 0 Å². The second-order valence-corrected chi connectivity index (χ2v) is 8.30. The molecule has 2 N–H and O–H groups in total. The number of rotatable bonds is 3. The van der Waals surface area contributed by atoms with Crippen molar-refractivity contribution in [1.82, 2.24) is 0 Å². The zero-order valence-corrected chi connectivity index (χ0v) is 14.9. The summed E-state index contributed by atoms with van der Waals surface area (Å²) >= 11 is 9.80. The van der Waals surface area contributed by atoms with Gasteiger partial charge in [-0.15, -0.1) is 0 Å². The molecule has 0 aromatic heterocycles. The van der Waals surface area contributed by atoms with Crippen molar-refractivity contribution in [3.8, 4) is 0 Å². The fourth-order valence-corrected chi connectivity index (χ4v) is 5.16. The van der Waals surface area contributed by atoms with E-state index in [-0.39, 0.29) is 6.04 Å². The van der Waals surface area contributed by atoms with Gasteiger partial charge in [-0.05, 0) is 61.1 Å². The van der Waals surface area contributed by atoms with Crippen LogP contribution in [-0.4, -0.2) is 6.04 Å². The zero-order valence-electron chi connectivity index (χ0n) is 12.5. The fourth-order valence-electron chi connectivity index (χ4n) is 4.41. The molecule has 2 aliphatic carbocycles. The molecule has 1 nitrogen and oxygen atoms in total. The molecule has 0 aliphatic heterocycles. The molecule has 0 bridgehead atoms. The van der Waals surface area contributed by atoms with Gasteiger partial charge in [0.1, 0.15) is 0 Å². The van der Waals surface area contributed by atoms with E-state index in [1.165, 1.54) is 50.5 Å². The van der Waals surface area contributed by atoms with Gasteiger partial charge in [0.2, 0.25) is 0 Å². The zero-order chi connectivity index (χ0) is 14.8. The first-order valence-corrected chi connectivity index (χ1v) is 9.50. The summed E-state index contributed by atoms with van der Waals surface area (Å²) in [5, 5.41) is 0.839. The average molecular weight is 371 g/mol. The van der Waals surface area contributed by atoms with Crippen molar-refractivity contribution >= 4 is 27.5 Å². The van der Waals surface area contributed by atoms with Crippen molar-refractivity contribution in [3.05, 3.63) is 33.3 Å². The van der Waals surface area contributed by atoms with Gasteiger partial charge in [0.15, 0.2) is 0 Å². The molecule has 1 aromatic carbocycles. The van der Waals surface area contributed by atoms with Gasteiger partial charge in [-0.1, -0.05) is 59.3 Å². The van der Waals surface area contributed by atoms with Crippen LogP contribution in [0.5, 0.6) is 0 Å². The Morgan fingerprint density at radius 3 is 2.67 bits per heavy atom. The van der Waals surface area contributed by atoms with E-state index in [1.54, 1.807) is 0 Å². The molecule has 0 spiro atoms. The quantitative estimate of drug-likeness (QED) is 0.738. The standard InChI is InChI=1S/C18H25BrClN/c19-16-8-7-14(17(20)11-16)10-18(21)15-6-5-12-3-1-2-4-13(12)9-15/h7-8,11-13,15,18H,1-6,9-10,21H2. The van der Waals surface area contributed by atoms with Crippen LogP contribution >= 0.6 is 27.5 Å². The third kappa shape index (κ3) is 3.83. The molecule has 0 saturated heterocycles. The van der Waals surface area contributed by atoms with Gasteiger partial charge >= 0.3 is 0 Å². The highest BCUT2D eigenvalue weighted by Gasteiger charge is 2.34. The van der Waals surface area contributed by atoms with Crippen LogP contribution in [0.1, 0.15) is 50.5 Å². The lowest BCUT2D eigenvalue weighted by atomic mass is 9.66. The highest BCUT2D eigenvalue weighted by atomic mass is 79.9. The molecule has 4 atom stereocenters. The van der Waals surface area contributed by atoms with E-state index in [0.29, 0.717) is 5.92 Å². The molecule has 0 radical (unpaired) electrons. The molecular formula is C18H25BrClN. The Kier molecular flexibility index (Phi) is 5.29. The number of hydrogen-bond acceptors (Lipinski definition) is 1. The molecule has 1 aromatic rings. The van der Waals surface area contributed by atoms with E-state index in [1.807, 2.05) is 6.07 Å². The summed E-state index contributed by atoms with van der Waals surface area (Å²) in [5.41, 5.74) is 7.73. The van der Waals surface area contributed by atoms with E-state index >= 15 is 0 Å². The van der Waals surface area contributed by atoms with E-state index in [0.717, 1.165) is 27.8 Å². The summed E-state index contributed by atoms with van der Waals surface area (Å²) in [6.07, 6.45) is 10.8. The maximum Gasteiger partial charge on any atom is 0.0449 e. The molecule has 3 rings (SSSR count). The number of benzene rings is 1. The van der Waals surface area contributed by atoms with E-state index < -0.39 is 0 Å². The van der Waals surface area contributed by atoms with Crippen molar-refractivity contribution in [3.63, 3.8) is 0 Å². The molecule has 0 heterocycles. The Morgan fingerprint density at radius 2 is 1.90 bits per heavy atom. The van der Waals surface area contributed by atoms with Crippen molar-refractivity contribution < 1.29 is 0 Å². The fraction of sp³-hybridized carbons (Fsp3) is 0.667. The van der Waals surface area contributed by atoms with Crippen LogP contribution in [0.15, 0.2) is 22.7 Å². The third-order valence-corrected chi connectivity index (χ3v) is 6.50. The molecular weight excluding hydrogens is 346 g/mol. The highest BCUT2D eigenvalue weighted by molar-refractivity contribution is 9.10. The smallest absolute Gasteiger partial charge is 0.0449 e. The Morgan fingerprint density at radius 1 is 1.14 bits per heavy atom. The summed E-state index contributed by atoms with van der Waals surface area (Å²) in [4.78, 5) is 0. The third-order valence-electron chi connectivity index (χ3n) is 5.66. The number of nitrogens with two attached hydrogens (primary N) is 1. The minimum Gasteiger partial charge on any atom is -0.327 e. The largest absolute Gasteiger partial charge is 0.327 e. The van der Waals surface area contributed by atoms with Gasteiger partial charge in [-0.25, -0.2) is 0 Å². The van der Waals surface area contributed by atoms with Crippen LogP contribution in [-0.2, 0) is 6.42 Å². The molecule has 116 valence electrons. The Hall–Kier alpha value is -0.0500. The van der Waals surface area contributed by atoms with E-state index in [2.05, 4.69) is 28.1 Å². The lowest BCUT2D eigenvalue weighted by Crippen LogP contribution is -2.38. The monoisotopic (exact) mass is 369 g/mol. The average Bonchev–Trinajstić information content (AvgIpc) is 2.49. The van der Waals surface area contributed by atoms with Crippen molar-refractivity contribution in [2.24, 2.45) is 23.5 Å². The molecule has 3 heteroatoms. The first kappa shape index (κ1) is 15.8. The molecule has 21 heavy (non-hydrogen) atoms. The van der Waals surface area contributed by atoms with Crippen molar-refractivity contribution in [2.75, 3.05) is 0 Å². The second-order valence-electron chi connectivity index (χ2n) is 6.98. The van der Waals surface area contributed by atoms with E-state index in [4.69, 9.17) is 17.3 Å². The van der Waals surface area contributed by atoms with Gasteiger partial charge < -0.3 is 5.73 Å². The minimum atomic E-state index is 0.256. The number of halogens is 2. The highest BCUT2D eigenvalue weighted by Crippen LogP contribution is 2.43. The summed E-state index contributed by atoms with van der Waals surface area (Å²) in [5.74, 6) is 2.63. The maximum atomic E-state index is 6.54. The first-order chi connectivity index (χ1) is 10.1. The van der Waals surface area contributed by atoms with Crippen LogP contribution in [0.2, 0.25) is 5.02 Å². The maximum absolute atomic E-state index is 6.54. The first-order valence-electron chi connectivity index (χ1n) is 8.33. The van der Waals surface area contributed by atoms with Crippen LogP contribution < -0.4 is 5.73 Å². The summed E-state index contributed by atoms with van der Waals surface area (Å²) in [6, 6.07) is 6.40. The normalized spacial score (nSPS) is 30.7. The van der Waals surface area contributed by atoms with Gasteiger partial charge in [0.25, 0.3) is 0 Å². The molecule has 0 amide bonds.